The van der Waals surface area contributed by atoms with Crippen molar-refractivity contribution in [2.24, 2.45) is 0 Å². The Morgan fingerprint density at radius 1 is 1.33 bits per heavy atom. The van der Waals surface area contributed by atoms with Crippen LogP contribution >= 0.6 is 0 Å². The average Bonchev–Trinajstić information content (AvgIpc) is 2.70. The molecule has 0 fully saturated rings. The minimum atomic E-state index is 0.372. The summed E-state index contributed by atoms with van der Waals surface area (Å²) in [6, 6.07) is 0.877. The molecule has 0 aliphatic carbocycles. The SMILES string of the molecule is CCCn1ncc(OC)c1C(C)C(C)NC(C)C. The molecule has 4 heteroatoms. The second-order valence-corrected chi connectivity index (χ2v) is 5.22. The van der Waals surface area contributed by atoms with E-state index in [0.29, 0.717) is 18.0 Å². The van der Waals surface area contributed by atoms with Gasteiger partial charge in [-0.05, 0) is 13.3 Å². The number of ether oxygens (including phenoxy) is 1. The minimum absolute atomic E-state index is 0.372. The molecule has 0 saturated carbocycles. The van der Waals surface area contributed by atoms with Gasteiger partial charge in [0.1, 0.15) is 0 Å². The van der Waals surface area contributed by atoms with E-state index in [1.165, 1.54) is 5.69 Å². The second-order valence-electron chi connectivity index (χ2n) is 5.22. The molecule has 1 N–H and O–H groups in total. The van der Waals surface area contributed by atoms with E-state index in [2.05, 4.69) is 49.7 Å². The van der Waals surface area contributed by atoms with Crippen LogP contribution in [0.2, 0.25) is 0 Å². The predicted molar refractivity (Wildman–Crippen MR) is 75.2 cm³/mol. The van der Waals surface area contributed by atoms with E-state index in [1.807, 2.05) is 6.20 Å². The lowest BCUT2D eigenvalue weighted by molar-refractivity contribution is 0.378. The molecule has 0 saturated heterocycles. The lowest BCUT2D eigenvalue weighted by Gasteiger charge is -2.25. The first-order valence-corrected chi connectivity index (χ1v) is 6.86. The van der Waals surface area contributed by atoms with Gasteiger partial charge in [-0.15, -0.1) is 0 Å². The maximum atomic E-state index is 5.44. The third-order valence-corrected chi connectivity index (χ3v) is 3.28. The van der Waals surface area contributed by atoms with Crippen molar-refractivity contribution in [2.75, 3.05) is 7.11 Å². The van der Waals surface area contributed by atoms with Crippen LogP contribution in [0.15, 0.2) is 6.20 Å². The molecule has 0 bridgehead atoms. The molecule has 0 aliphatic heterocycles. The van der Waals surface area contributed by atoms with Crippen LogP contribution in [0.1, 0.15) is 52.7 Å². The highest BCUT2D eigenvalue weighted by molar-refractivity contribution is 5.29. The minimum Gasteiger partial charge on any atom is -0.493 e. The molecule has 0 amide bonds. The third kappa shape index (κ3) is 3.48. The van der Waals surface area contributed by atoms with Gasteiger partial charge in [-0.25, -0.2) is 0 Å². The Hall–Kier alpha value is -1.03. The summed E-state index contributed by atoms with van der Waals surface area (Å²) in [5, 5.41) is 7.98. The summed E-state index contributed by atoms with van der Waals surface area (Å²) >= 11 is 0. The Kier molecular flexibility index (Phi) is 5.66. The van der Waals surface area contributed by atoms with Crippen LogP contribution in [0.5, 0.6) is 5.75 Å². The first-order chi connectivity index (χ1) is 8.51. The van der Waals surface area contributed by atoms with Crippen LogP contribution in [0.4, 0.5) is 0 Å². The van der Waals surface area contributed by atoms with Crippen LogP contribution in [0, 0.1) is 0 Å². The summed E-state index contributed by atoms with van der Waals surface area (Å²) in [4.78, 5) is 0. The largest absolute Gasteiger partial charge is 0.493 e. The molecule has 0 spiro atoms. The summed E-state index contributed by atoms with van der Waals surface area (Å²) in [7, 11) is 1.71. The maximum Gasteiger partial charge on any atom is 0.160 e. The van der Waals surface area contributed by atoms with E-state index in [-0.39, 0.29) is 0 Å². The smallest absolute Gasteiger partial charge is 0.160 e. The van der Waals surface area contributed by atoms with Gasteiger partial charge in [0.2, 0.25) is 0 Å². The number of nitrogens with zero attached hydrogens (tertiary/aromatic N) is 2. The fourth-order valence-corrected chi connectivity index (χ4v) is 2.29. The molecular formula is C14H27N3O. The molecule has 0 aromatic carbocycles. The first kappa shape index (κ1) is 15.0. The number of aromatic nitrogens is 2. The van der Waals surface area contributed by atoms with Crippen LogP contribution in [0.25, 0.3) is 0 Å². The first-order valence-electron chi connectivity index (χ1n) is 6.86. The third-order valence-electron chi connectivity index (χ3n) is 3.28. The lowest BCUT2D eigenvalue weighted by atomic mass is 9.98. The number of hydrogen-bond donors (Lipinski definition) is 1. The van der Waals surface area contributed by atoms with E-state index < -0.39 is 0 Å². The number of nitrogens with one attached hydrogen (secondary N) is 1. The van der Waals surface area contributed by atoms with E-state index in [9.17, 15) is 0 Å². The Labute approximate surface area is 111 Å². The van der Waals surface area contributed by atoms with Crippen LogP contribution < -0.4 is 10.1 Å². The highest BCUT2D eigenvalue weighted by Crippen LogP contribution is 2.29. The van der Waals surface area contributed by atoms with Crippen molar-refractivity contribution in [3.05, 3.63) is 11.9 Å². The average molecular weight is 253 g/mol. The van der Waals surface area contributed by atoms with Crippen LogP contribution in [0.3, 0.4) is 0 Å². The maximum absolute atomic E-state index is 5.44. The number of methoxy groups -OCH3 is 1. The Bertz CT molecular complexity index is 360. The predicted octanol–water partition coefficient (Wildman–Crippen LogP) is 2.79. The quantitative estimate of drug-likeness (QED) is 0.812. The van der Waals surface area contributed by atoms with Gasteiger partial charge in [-0.3, -0.25) is 4.68 Å². The Balaban J connectivity index is 2.94. The zero-order valence-electron chi connectivity index (χ0n) is 12.5. The van der Waals surface area contributed by atoms with Crippen molar-refractivity contribution < 1.29 is 4.74 Å². The molecule has 2 unspecified atom stereocenters. The summed E-state index contributed by atoms with van der Waals surface area (Å²) in [5.41, 5.74) is 1.19. The van der Waals surface area contributed by atoms with Gasteiger partial charge in [-0.1, -0.05) is 27.7 Å². The molecule has 0 radical (unpaired) electrons. The molecule has 18 heavy (non-hydrogen) atoms. The molecule has 1 aromatic rings. The molecule has 104 valence electrons. The number of rotatable bonds is 7. The van der Waals surface area contributed by atoms with Gasteiger partial charge in [-0.2, -0.15) is 5.10 Å². The molecule has 2 atom stereocenters. The Morgan fingerprint density at radius 3 is 2.50 bits per heavy atom. The van der Waals surface area contributed by atoms with Crippen molar-refractivity contribution in [1.82, 2.24) is 15.1 Å². The number of aryl methyl sites for hydroxylation is 1. The molecular weight excluding hydrogens is 226 g/mol. The van der Waals surface area contributed by atoms with E-state index in [0.717, 1.165) is 18.7 Å². The van der Waals surface area contributed by atoms with Gasteiger partial charge in [0.25, 0.3) is 0 Å². The van der Waals surface area contributed by atoms with Gasteiger partial charge >= 0.3 is 0 Å². The lowest BCUT2D eigenvalue weighted by Crippen LogP contribution is -2.36. The fraction of sp³-hybridized carbons (Fsp3) is 0.786. The van der Waals surface area contributed by atoms with Crippen LogP contribution in [-0.2, 0) is 6.54 Å². The fourth-order valence-electron chi connectivity index (χ4n) is 2.29. The van der Waals surface area contributed by atoms with Crippen molar-refractivity contribution in [2.45, 2.75) is 65.6 Å². The highest BCUT2D eigenvalue weighted by atomic mass is 16.5. The van der Waals surface area contributed by atoms with Crippen molar-refractivity contribution in [3.63, 3.8) is 0 Å². The van der Waals surface area contributed by atoms with Gasteiger partial charge in [0.05, 0.1) is 19.0 Å². The summed E-state index contributed by atoms with van der Waals surface area (Å²) < 4.78 is 7.51. The van der Waals surface area contributed by atoms with Crippen molar-refractivity contribution in [3.8, 4) is 5.75 Å². The van der Waals surface area contributed by atoms with Gasteiger partial charge in [0, 0.05) is 24.5 Å². The zero-order valence-corrected chi connectivity index (χ0v) is 12.5. The van der Waals surface area contributed by atoms with Crippen molar-refractivity contribution >= 4 is 0 Å². The molecule has 1 aromatic heterocycles. The normalized spacial score (nSPS) is 14.8. The Morgan fingerprint density at radius 2 is 2.00 bits per heavy atom. The monoisotopic (exact) mass is 253 g/mol. The molecule has 1 rings (SSSR count). The summed E-state index contributed by atoms with van der Waals surface area (Å²) in [6.45, 7) is 11.9. The van der Waals surface area contributed by atoms with E-state index in [4.69, 9.17) is 4.74 Å². The second kappa shape index (κ2) is 6.78. The highest BCUT2D eigenvalue weighted by Gasteiger charge is 2.23. The molecule has 1 heterocycles. The molecule has 4 nitrogen and oxygen atoms in total. The zero-order chi connectivity index (χ0) is 13.7. The van der Waals surface area contributed by atoms with E-state index in [1.54, 1.807) is 7.11 Å². The number of hydrogen-bond acceptors (Lipinski definition) is 3. The standard InChI is InChI=1S/C14H27N3O/c1-7-8-17-14(13(18-6)9-15-17)11(4)12(5)16-10(2)3/h9-12,16H,7-8H2,1-6H3. The topological polar surface area (TPSA) is 39.1 Å². The van der Waals surface area contributed by atoms with Crippen LogP contribution in [-0.4, -0.2) is 29.0 Å². The molecule has 0 aliphatic rings. The summed E-state index contributed by atoms with van der Waals surface area (Å²) in [5.74, 6) is 1.27. The van der Waals surface area contributed by atoms with E-state index >= 15 is 0 Å². The summed E-state index contributed by atoms with van der Waals surface area (Å²) in [6.07, 6.45) is 2.90. The van der Waals surface area contributed by atoms with Gasteiger partial charge in [0.15, 0.2) is 5.75 Å². The van der Waals surface area contributed by atoms with Crippen molar-refractivity contribution in [1.29, 1.82) is 0 Å². The van der Waals surface area contributed by atoms with Gasteiger partial charge < -0.3 is 10.1 Å².